The molecule has 1 aromatic heterocycles. The Labute approximate surface area is 179 Å². The van der Waals surface area contributed by atoms with Crippen LogP contribution in [0.3, 0.4) is 0 Å². The Morgan fingerprint density at radius 1 is 1.23 bits per heavy atom. The lowest BCUT2D eigenvalue weighted by atomic mass is 10.1. The number of nitro benzene ring substituents is 2. The van der Waals surface area contributed by atoms with Crippen LogP contribution < -0.4 is 11.2 Å². The molecule has 0 aliphatic carbocycles. The summed E-state index contributed by atoms with van der Waals surface area (Å²) in [6, 6.07) is 10.1. The molecule has 0 spiro atoms. The molecule has 13 heteroatoms. The van der Waals surface area contributed by atoms with E-state index in [9.17, 15) is 20.2 Å². The maximum atomic E-state index is 11.5. The molecule has 11 nitrogen and oxygen atoms in total. The van der Waals surface area contributed by atoms with E-state index in [1.54, 1.807) is 24.3 Å². The van der Waals surface area contributed by atoms with E-state index in [2.05, 4.69) is 15.6 Å². The van der Waals surface area contributed by atoms with E-state index < -0.39 is 21.2 Å². The third kappa shape index (κ3) is 4.39. The summed E-state index contributed by atoms with van der Waals surface area (Å²) in [5.41, 5.74) is 8.27. The van der Waals surface area contributed by atoms with E-state index in [1.165, 1.54) is 23.2 Å². The van der Waals surface area contributed by atoms with Crippen molar-refractivity contribution < 1.29 is 9.85 Å². The first kappa shape index (κ1) is 20.8. The number of non-ortho nitro benzene ring substituents is 1. The fraction of sp³-hybridized carbons (Fsp3) is 0. The molecule has 0 saturated heterocycles. The molecule has 0 unspecified atom stereocenters. The van der Waals surface area contributed by atoms with E-state index in [-0.39, 0.29) is 10.8 Å². The van der Waals surface area contributed by atoms with Crippen LogP contribution >= 0.6 is 23.8 Å². The van der Waals surface area contributed by atoms with Gasteiger partial charge in [0.05, 0.1) is 27.2 Å². The summed E-state index contributed by atoms with van der Waals surface area (Å²) < 4.78 is 1.22. The summed E-state index contributed by atoms with van der Waals surface area (Å²) in [5, 5.41) is 31.1. The molecule has 0 aliphatic rings. The van der Waals surface area contributed by atoms with Crippen LogP contribution in [0.2, 0.25) is 5.02 Å². The van der Waals surface area contributed by atoms with Crippen LogP contribution in [-0.2, 0) is 0 Å². The monoisotopic (exact) mass is 445 g/mol. The highest BCUT2D eigenvalue weighted by molar-refractivity contribution is 7.80. The highest BCUT2D eigenvalue weighted by Gasteiger charge is 2.23. The van der Waals surface area contributed by atoms with Gasteiger partial charge in [0.2, 0.25) is 0 Å². The molecule has 0 bridgehead atoms. The molecule has 0 amide bonds. The second kappa shape index (κ2) is 8.63. The third-order valence-electron chi connectivity index (χ3n) is 3.86. The SMILES string of the molecule is NC(=S)NN=Cc1cn(-c2ccc([N+](=O)[O-])cc2[N+](=O)[O-])nc1-c1ccccc1Cl. The second-order valence-corrected chi connectivity index (χ2v) is 6.63. The maximum Gasteiger partial charge on any atom is 0.301 e. The number of aromatic nitrogens is 2. The lowest BCUT2D eigenvalue weighted by Gasteiger charge is -2.03. The van der Waals surface area contributed by atoms with Crippen LogP contribution in [0.1, 0.15) is 5.56 Å². The van der Waals surface area contributed by atoms with Gasteiger partial charge in [0.1, 0.15) is 11.4 Å². The molecule has 30 heavy (non-hydrogen) atoms. The molecular formula is C17H12ClN7O4S. The van der Waals surface area contributed by atoms with E-state index in [0.29, 0.717) is 21.8 Å². The van der Waals surface area contributed by atoms with E-state index in [1.807, 2.05) is 0 Å². The molecule has 0 atom stereocenters. The average Bonchev–Trinajstić information content (AvgIpc) is 3.11. The number of thiocarbonyl (C=S) groups is 1. The largest absolute Gasteiger partial charge is 0.375 e. The number of benzene rings is 2. The smallest absolute Gasteiger partial charge is 0.301 e. The summed E-state index contributed by atoms with van der Waals surface area (Å²) >= 11 is 11.0. The number of nitro groups is 2. The highest BCUT2D eigenvalue weighted by Crippen LogP contribution is 2.32. The standard InChI is InChI=1S/C17H12ClN7O4S/c18-13-4-2-1-3-12(13)16-10(8-20-21-17(19)30)9-23(22-16)14-6-5-11(24(26)27)7-15(14)25(28)29/h1-9H,(H3,19,21,30). The molecule has 0 fully saturated rings. The van der Waals surface area contributed by atoms with Gasteiger partial charge in [0.15, 0.2) is 5.11 Å². The predicted molar refractivity (Wildman–Crippen MR) is 115 cm³/mol. The number of halogens is 1. The van der Waals surface area contributed by atoms with Crippen LogP contribution in [0.15, 0.2) is 53.8 Å². The molecule has 1 heterocycles. The predicted octanol–water partition coefficient (Wildman–Crippen LogP) is 3.18. The molecule has 0 radical (unpaired) electrons. The van der Waals surface area contributed by atoms with E-state index >= 15 is 0 Å². The van der Waals surface area contributed by atoms with Crippen molar-refractivity contribution in [3.8, 4) is 16.9 Å². The van der Waals surface area contributed by atoms with Crippen molar-refractivity contribution in [3.63, 3.8) is 0 Å². The maximum absolute atomic E-state index is 11.5. The van der Waals surface area contributed by atoms with Crippen molar-refractivity contribution in [2.75, 3.05) is 0 Å². The zero-order valence-corrected chi connectivity index (χ0v) is 16.5. The second-order valence-electron chi connectivity index (χ2n) is 5.78. The molecule has 3 rings (SSSR count). The zero-order chi connectivity index (χ0) is 21.8. The fourth-order valence-electron chi connectivity index (χ4n) is 2.60. The number of hydrogen-bond acceptors (Lipinski definition) is 7. The summed E-state index contributed by atoms with van der Waals surface area (Å²) in [7, 11) is 0. The van der Waals surface area contributed by atoms with Gasteiger partial charge in [-0.2, -0.15) is 10.2 Å². The Bertz CT molecular complexity index is 1190. The summed E-state index contributed by atoms with van der Waals surface area (Å²) in [5.74, 6) is 0. The minimum Gasteiger partial charge on any atom is -0.375 e. The van der Waals surface area contributed by atoms with Crippen LogP contribution in [0.25, 0.3) is 16.9 Å². The quantitative estimate of drug-likeness (QED) is 0.253. The molecular weight excluding hydrogens is 434 g/mol. The number of nitrogens with two attached hydrogens (primary N) is 1. The van der Waals surface area contributed by atoms with Gasteiger partial charge in [-0.1, -0.05) is 29.8 Å². The minimum absolute atomic E-state index is 0.0286. The van der Waals surface area contributed by atoms with Crippen LogP contribution in [-0.4, -0.2) is 31.0 Å². The van der Waals surface area contributed by atoms with Gasteiger partial charge in [-0.25, -0.2) is 4.68 Å². The Balaban J connectivity index is 2.19. The Morgan fingerprint density at radius 2 is 1.97 bits per heavy atom. The fourth-order valence-corrected chi connectivity index (χ4v) is 2.88. The van der Waals surface area contributed by atoms with Gasteiger partial charge in [0, 0.05) is 23.4 Å². The number of nitrogens with one attached hydrogen (secondary N) is 1. The minimum atomic E-state index is -0.721. The van der Waals surface area contributed by atoms with Crippen LogP contribution in [0.4, 0.5) is 11.4 Å². The Kier molecular flexibility index (Phi) is 5.99. The summed E-state index contributed by atoms with van der Waals surface area (Å²) in [6.07, 6.45) is 2.84. The van der Waals surface area contributed by atoms with Crippen molar-refractivity contribution in [3.05, 3.63) is 79.5 Å². The zero-order valence-electron chi connectivity index (χ0n) is 14.9. The van der Waals surface area contributed by atoms with Crippen molar-refractivity contribution >= 4 is 46.5 Å². The normalized spacial score (nSPS) is 10.8. The van der Waals surface area contributed by atoms with Crippen LogP contribution in [0.5, 0.6) is 0 Å². The van der Waals surface area contributed by atoms with Crippen molar-refractivity contribution in [2.45, 2.75) is 0 Å². The summed E-state index contributed by atoms with van der Waals surface area (Å²) in [6.45, 7) is 0. The van der Waals surface area contributed by atoms with Gasteiger partial charge >= 0.3 is 5.69 Å². The lowest BCUT2D eigenvalue weighted by Crippen LogP contribution is -2.24. The number of nitrogens with zero attached hydrogens (tertiary/aromatic N) is 5. The average molecular weight is 446 g/mol. The number of hydrogen-bond donors (Lipinski definition) is 2. The Hall–Kier alpha value is -3.90. The highest BCUT2D eigenvalue weighted by atomic mass is 35.5. The van der Waals surface area contributed by atoms with E-state index in [4.69, 9.17) is 29.6 Å². The lowest BCUT2D eigenvalue weighted by molar-refractivity contribution is -0.394. The topological polar surface area (TPSA) is 155 Å². The van der Waals surface area contributed by atoms with Crippen molar-refractivity contribution in [1.82, 2.24) is 15.2 Å². The van der Waals surface area contributed by atoms with Gasteiger partial charge < -0.3 is 5.73 Å². The molecule has 3 aromatic rings. The number of hydrazone groups is 1. The van der Waals surface area contributed by atoms with Gasteiger partial charge in [-0.15, -0.1) is 0 Å². The first-order chi connectivity index (χ1) is 14.3. The van der Waals surface area contributed by atoms with Gasteiger partial charge in [-0.05, 0) is 24.4 Å². The molecule has 3 N–H and O–H groups in total. The van der Waals surface area contributed by atoms with E-state index in [0.717, 1.165) is 12.1 Å². The first-order valence-corrected chi connectivity index (χ1v) is 8.93. The van der Waals surface area contributed by atoms with Crippen molar-refractivity contribution in [1.29, 1.82) is 0 Å². The number of rotatable bonds is 6. The molecule has 2 aromatic carbocycles. The Morgan fingerprint density at radius 3 is 2.60 bits per heavy atom. The molecule has 0 saturated carbocycles. The molecule has 0 aliphatic heterocycles. The summed E-state index contributed by atoms with van der Waals surface area (Å²) in [4.78, 5) is 21.0. The first-order valence-electron chi connectivity index (χ1n) is 8.14. The van der Waals surface area contributed by atoms with Gasteiger partial charge in [-0.3, -0.25) is 25.7 Å². The van der Waals surface area contributed by atoms with Crippen LogP contribution in [0, 0.1) is 20.2 Å². The van der Waals surface area contributed by atoms with Gasteiger partial charge in [0.25, 0.3) is 5.69 Å². The third-order valence-corrected chi connectivity index (χ3v) is 4.28. The van der Waals surface area contributed by atoms with Crippen molar-refractivity contribution in [2.24, 2.45) is 10.8 Å². The molecule has 152 valence electrons.